The van der Waals surface area contributed by atoms with E-state index in [0.29, 0.717) is 36.4 Å². The van der Waals surface area contributed by atoms with Gasteiger partial charge in [0.15, 0.2) is 0 Å². The molecule has 0 saturated carbocycles. The second-order valence-electron chi connectivity index (χ2n) is 12.4. The first-order valence-electron chi connectivity index (χ1n) is 13.4. The molecule has 2 aromatic rings. The summed E-state index contributed by atoms with van der Waals surface area (Å²) in [5.74, 6) is 0.683. The van der Waals surface area contributed by atoms with Crippen LogP contribution in [0, 0.1) is 0 Å². The molecule has 9 nitrogen and oxygen atoms in total. The van der Waals surface area contributed by atoms with E-state index in [9.17, 15) is 4.79 Å². The van der Waals surface area contributed by atoms with Crippen molar-refractivity contribution in [2.45, 2.75) is 69.7 Å². The molecule has 6 heterocycles. The topological polar surface area (TPSA) is 83.9 Å². The number of carbonyl (C=O) groups excluding carboxylic acids is 1. The Bertz CT molecular complexity index is 1340. The number of halogens is 2. The van der Waals surface area contributed by atoms with Crippen molar-refractivity contribution in [3.63, 3.8) is 0 Å². The molecule has 0 aliphatic carbocycles. The molecule has 0 spiro atoms. The molecule has 4 fully saturated rings. The van der Waals surface area contributed by atoms with Crippen LogP contribution in [0.25, 0.3) is 10.9 Å². The Morgan fingerprint density at radius 1 is 1.10 bits per heavy atom. The predicted octanol–water partition coefficient (Wildman–Crippen LogP) is 5.26. The number of nitrogens with zero attached hydrogens (tertiary/aromatic N) is 6. The lowest BCUT2D eigenvalue weighted by molar-refractivity contribution is 0.0122. The molecule has 0 aromatic carbocycles. The third-order valence-electron chi connectivity index (χ3n) is 8.11. The highest BCUT2D eigenvalue weighted by atomic mass is 35.5. The number of hydrogen-bond donors (Lipinski definition) is 0. The van der Waals surface area contributed by atoms with Gasteiger partial charge in [0.05, 0.1) is 23.0 Å². The second-order valence-corrected chi connectivity index (χ2v) is 13.1. The molecule has 1 amide bonds. The molecule has 0 unspecified atom stereocenters. The number of piperazine rings is 1. The highest BCUT2D eigenvalue weighted by molar-refractivity contribution is 6.44. The van der Waals surface area contributed by atoms with Crippen molar-refractivity contribution in [2.24, 2.45) is 0 Å². The number of pyridine rings is 1. The van der Waals surface area contributed by atoms with Crippen molar-refractivity contribution in [2.75, 3.05) is 37.7 Å². The standard InChI is InChI=1S/C28H34Cl2N6O3/c1-16-8-28(9-17(2)12-35(28)11-16)15-38-25-32-22-20(10-31-23(30)21(22)29)24(33-25)34-13-18-6-7-19(14-34)36(18)26(37)39-27(3,4)5/h10,18-19H,1-2,6-9,11-15H2,3-5H3/t18-,19+. The van der Waals surface area contributed by atoms with Gasteiger partial charge in [-0.25, -0.2) is 9.78 Å². The average Bonchev–Trinajstić information content (AvgIpc) is 3.42. The number of hydrogen-bond acceptors (Lipinski definition) is 8. The maximum absolute atomic E-state index is 13.0. The quantitative estimate of drug-likeness (QED) is 0.362. The van der Waals surface area contributed by atoms with Gasteiger partial charge in [0.1, 0.15) is 33.7 Å². The van der Waals surface area contributed by atoms with Gasteiger partial charge in [0, 0.05) is 32.4 Å². The molecule has 208 valence electrons. The molecular formula is C28H34Cl2N6O3. The van der Waals surface area contributed by atoms with E-state index >= 15 is 0 Å². The minimum absolute atomic E-state index is 0.0187. The van der Waals surface area contributed by atoms with E-state index in [1.807, 2.05) is 25.7 Å². The van der Waals surface area contributed by atoms with Crippen molar-refractivity contribution in [1.29, 1.82) is 0 Å². The lowest BCUT2D eigenvalue weighted by Gasteiger charge is -2.42. The second kappa shape index (κ2) is 9.49. The SMILES string of the molecule is C=C1CN2CC(=C)CC2(COc2nc(N3C[C@H]4CC[C@@H](C3)N4C(=O)OC(C)(C)C)c3cnc(Cl)c(Cl)c3n2)C1. The number of aromatic nitrogens is 3. The van der Waals surface area contributed by atoms with Crippen LogP contribution in [0.3, 0.4) is 0 Å². The number of fused-ring (bicyclic) bond motifs is 4. The van der Waals surface area contributed by atoms with Crippen molar-refractivity contribution < 1.29 is 14.3 Å². The smallest absolute Gasteiger partial charge is 0.410 e. The summed E-state index contributed by atoms with van der Waals surface area (Å²) in [5, 5.41) is 1.14. The Hall–Kier alpha value is -2.62. The van der Waals surface area contributed by atoms with Gasteiger partial charge in [0.2, 0.25) is 0 Å². The zero-order valence-corrected chi connectivity index (χ0v) is 24.2. The van der Waals surface area contributed by atoms with Crippen LogP contribution in [0.15, 0.2) is 30.5 Å². The molecule has 6 rings (SSSR count). The van der Waals surface area contributed by atoms with Crippen molar-refractivity contribution >= 4 is 46.0 Å². The number of ether oxygens (including phenoxy) is 2. The monoisotopic (exact) mass is 572 g/mol. The molecule has 4 aliphatic rings. The summed E-state index contributed by atoms with van der Waals surface area (Å²) < 4.78 is 12.0. The number of amides is 1. The third kappa shape index (κ3) is 4.83. The maximum Gasteiger partial charge on any atom is 0.410 e. The summed E-state index contributed by atoms with van der Waals surface area (Å²) in [5.41, 5.74) is 2.18. The fraction of sp³-hybridized carbons (Fsp3) is 0.571. The average molecular weight is 574 g/mol. The molecule has 2 bridgehead atoms. The minimum Gasteiger partial charge on any atom is -0.461 e. The van der Waals surface area contributed by atoms with E-state index < -0.39 is 5.60 Å². The van der Waals surface area contributed by atoms with Crippen LogP contribution >= 0.6 is 23.2 Å². The summed E-state index contributed by atoms with van der Waals surface area (Å²) in [6.45, 7) is 17.4. The van der Waals surface area contributed by atoms with Crippen LogP contribution < -0.4 is 9.64 Å². The van der Waals surface area contributed by atoms with Crippen LogP contribution in [-0.4, -0.2) is 86.9 Å². The largest absolute Gasteiger partial charge is 0.461 e. The van der Waals surface area contributed by atoms with Crippen LogP contribution in [0.2, 0.25) is 10.2 Å². The first kappa shape index (κ1) is 26.6. The lowest BCUT2D eigenvalue weighted by atomic mass is 9.92. The number of carbonyl (C=O) groups is 1. The Kier molecular flexibility index (Phi) is 6.47. The highest BCUT2D eigenvalue weighted by Gasteiger charge is 2.48. The fourth-order valence-electron chi connectivity index (χ4n) is 6.65. The van der Waals surface area contributed by atoms with Gasteiger partial charge in [-0.3, -0.25) is 9.80 Å². The van der Waals surface area contributed by atoms with E-state index in [4.69, 9.17) is 37.7 Å². The normalized spacial score (nSPS) is 24.5. The summed E-state index contributed by atoms with van der Waals surface area (Å²) in [4.78, 5) is 33.3. The molecule has 2 aromatic heterocycles. The third-order valence-corrected chi connectivity index (χ3v) is 8.86. The van der Waals surface area contributed by atoms with Gasteiger partial charge in [-0.1, -0.05) is 47.5 Å². The fourth-order valence-corrected chi connectivity index (χ4v) is 6.98. The van der Waals surface area contributed by atoms with Crippen molar-refractivity contribution in [3.8, 4) is 6.01 Å². The van der Waals surface area contributed by atoms with Crippen LogP contribution in [0.1, 0.15) is 46.5 Å². The van der Waals surface area contributed by atoms with Gasteiger partial charge in [-0.05, 0) is 46.5 Å². The van der Waals surface area contributed by atoms with Crippen LogP contribution in [-0.2, 0) is 4.74 Å². The lowest BCUT2D eigenvalue weighted by Crippen LogP contribution is -2.57. The molecule has 39 heavy (non-hydrogen) atoms. The van der Waals surface area contributed by atoms with Gasteiger partial charge in [-0.2, -0.15) is 9.97 Å². The highest BCUT2D eigenvalue weighted by Crippen LogP contribution is 2.43. The van der Waals surface area contributed by atoms with Crippen molar-refractivity contribution in [1.82, 2.24) is 24.8 Å². The first-order valence-corrected chi connectivity index (χ1v) is 14.2. The van der Waals surface area contributed by atoms with Gasteiger partial charge in [-0.15, -0.1) is 0 Å². The first-order chi connectivity index (χ1) is 18.4. The van der Waals surface area contributed by atoms with Crippen LogP contribution in [0.5, 0.6) is 6.01 Å². The molecule has 2 atom stereocenters. The maximum atomic E-state index is 13.0. The molecule has 0 N–H and O–H groups in total. The number of anilines is 1. The van der Waals surface area contributed by atoms with Gasteiger partial charge >= 0.3 is 12.1 Å². The number of rotatable bonds is 4. The van der Waals surface area contributed by atoms with Gasteiger partial charge in [0.25, 0.3) is 0 Å². The van der Waals surface area contributed by atoms with E-state index in [1.165, 1.54) is 11.1 Å². The van der Waals surface area contributed by atoms with Crippen molar-refractivity contribution in [3.05, 3.63) is 40.7 Å². The van der Waals surface area contributed by atoms with E-state index in [2.05, 4.69) is 32.9 Å². The Morgan fingerprint density at radius 2 is 1.74 bits per heavy atom. The van der Waals surface area contributed by atoms with Gasteiger partial charge < -0.3 is 14.4 Å². The summed E-state index contributed by atoms with van der Waals surface area (Å²) in [6, 6.07) is 0.281. The molecule has 0 radical (unpaired) electrons. The zero-order valence-electron chi connectivity index (χ0n) is 22.7. The molecule has 4 saturated heterocycles. The van der Waals surface area contributed by atoms with E-state index in [1.54, 1.807) is 6.20 Å². The molecular weight excluding hydrogens is 539 g/mol. The predicted molar refractivity (Wildman–Crippen MR) is 152 cm³/mol. The van der Waals surface area contributed by atoms with E-state index in [0.717, 1.165) is 38.8 Å². The molecule has 4 aliphatic heterocycles. The van der Waals surface area contributed by atoms with Crippen LogP contribution in [0.4, 0.5) is 10.6 Å². The minimum atomic E-state index is -0.545. The molecule has 11 heteroatoms. The summed E-state index contributed by atoms with van der Waals surface area (Å²) >= 11 is 12.9. The Morgan fingerprint density at radius 3 is 2.36 bits per heavy atom. The Balaban J connectivity index is 1.30. The summed E-state index contributed by atoms with van der Waals surface area (Å²) in [6.07, 6.45) is 4.93. The Labute approximate surface area is 238 Å². The zero-order chi connectivity index (χ0) is 27.7. The van der Waals surface area contributed by atoms with E-state index in [-0.39, 0.29) is 39.9 Å². The summed E-state index contributed by atoms with van der Waals surface area (Å²) in [7, 11) is 0.